The van der Waals surface area contributed by atoms with E-state index in [1.165, 1.54) is 12.3 Å². The molecule has 2 N–H and O–H groups in total. The van der Waals surface area contributed by atoms with Crippen molar-refractivity contribution in [1.82, 2.24) is 10.3 Å². The van der Waals surface area contributed by atoms with E-state index in [0.717, 1.165) is 17.7 Å². The van der Waals surface area contributed by atoms with Crippen LogP contribution in [-0.2, 0) is 0 Å². The molecule has 21 heavy (non-hydrogen) atoms. The summed E-state index contributed by atoms with van der Waals surface area (Å²) in [5, 5.41) is 2.93. The molecule has 1 amide bonds. The molecule has 0 aliphatic carbocycles. The lowest BCUT2D eigenvalue weighted by molar-refractivity contribution is 0.0935. The number of carbonyl (C=O) groups excluding carboxylic acids is 1. The number of hydrogen-bond acceptors (Lipinski definition) is 3. The summed E-state index contributed by atoms with van der Waals surface area (Å²) < 4.78 is 5.12. The Morgan fingerprint density at radius 2 is 2.00 bits per heavy atom. The number of methoxy groups -OCH3 is 1. The fourth-order valence-corrected chi connectivity index (χ4v) is 2.08. The van der Waals surface area contributed by atoms with E-state index in [2.05, 4.69) is 10.3 Å². The molecule has 0 aliphatic rings. The van der Waals surface area contributed by atoms with Crippen LogP contribution in [0.5, 0.6) is 5.75 Å². The van der Waals surface area contributed by atoms with Crippen molar-refractivity contribution >= 4 is 5.91 Å². The summed E-state index contributed by atoms with van der Waals surface area (Å²) in [5.74, 6) is 0.512. The minimum Gasteiger partial charge on any atom is -0.497 e. The standard InChI is InChI=1S/C16H18N2O3/c1-3-14(11-4-6-13(21-2)7-5-11)18-16(20)12-8-9-17-15(19)10-12/h4-10,14H,3H2,1-2H3,(H,17,19)(H,18,20). The van der Waals surface area contributed by atoms with E-state index < -0.39 is 0 Å². The molecule has 0 spiro atoms. The van der Waals surface area contributed by atoms with Gasteiger partial charge < -0.3 is 15.0 Å². The normalized spacial score (nSPS) is 11.7. The molecule has 1 aromatic heterocycles. The quantitative estimate of drug-likeness (QED) is 0.885. The smallest absolute Gasteiger partial charge is 0.252 e. The number of ether oxygens (including phenoxy) is 1. The summed E-state index contributed by atoms with van der Waals surface area (Å²) in [6.07, 6.45) is 2.22. The summed E-state index contributed by atoms with van der Waals surface area (Å²) in [5.41, 5.74) is 1.06. The van der Waals surface area contributed by atoms with Crippen molar-refractivity contribution in [2.24, 2.45) is 0 Å². The van der Waals surface area contributed by atoms with Gasteiger partial charge in [0.2, 0.25) is 5.56 Å². The maximum absolute atomic E-state index is 12.2. The second-order valence-electron chi connectivity index (χ2n) is 4.65. The summed E-state index contributed by atoms with van der Waals surface area (Å²) in [7, 11) is 1.61. The topological polar surface area (TPSA) is 71.2 Å². The number of benzene rings is 1. The van der Waals surface area contributed by atoms with E-state index in [1.807, 2.05) is 31.2 Å². The number of pyridine rings is 1. The lowest BCUT2D eigenvalue weighted by Gasteiger charge is -2.17. The van der Waals surface area contributed by atoms with E-state index >= 15 is 0 Å². The van der Waals surface area contributed by atoms with Gasteiger partial charge in [-0.1, -0.05) is 19.1 Å². The van der Waals surface area contributed by atoms with Gasteiger partial charge in [0.15, 0.2) is 0 Å². The minimum absolute atomic E-state index is 0.109. The number of amides is 1. The number of H-pyrrole nitrogens is 1. The van der Waals surface area contributed by atoms with E-state index in [4.69, 9.17) is 4.74 Å². The van der Waals surface area contributed by atoms with E-state index in [9.17, 15) is 9.59 Å². The molecule has 0 bridgehead atoms. The van der Waals surface area contributed by atoms with Gasteiger partial charge in [0.05, 0.1) is 13.2 Å². The summed E-state index contributed by atoms with van der Waals surface area (Å²) in [6, 6.07) is 10.3. The van der Waals surface area contributed by atoms with Gasteiger partial charge >= 0.3 is 0 Å². The van der Waals surface area contributed by atoms with Gasteiger partial charge in [-0.15, -0.1) is 0 Å². The number of carbonyl (C=O) groups is 1. The monoisotopic (exact) mass is 286 g/mol. The molecule has 0 fully saturated rings. The fraction of sp³-hybridized carbons (Fsp3) is 0.250. The molecule has 0 saturated carbocycles. The fourth-order valence-electron chi connectivity index (χ4n) is 2.08. The Balaban J connectivity index is 2.14. The van der Waals surface area contributed by atoms with Crippen molar-refractivity contribution < 1.29 is 9.53 Å². The first kappa shape index (κ1) is 14.8. The zero-order valence-electron chi connectivity index (χ0n) is 12.1. The Kier molecular flexibility index (Phi) is 4.77. The third-order valence-electron chi connectivity index (χ3n) is 3.27. The molecule has 1 heterocycles. The maximum Gasteiger partial charge on any atom is 0.252 e. The van der Waals surface area contributed by atoms with Crippen LogP contribution >= 0.6 is 0 Å². The highest BCUT2D eigenvalue weighted by Crippen LogP contribution is 2.20. The minimum atomic E-state index is -0.292. The van der Waals surface area contributed by atoms with Crippen molar-refractivity contribution in [3.63, 3.8) is 0 Å². The summed E-state index contributed by atoms with van der Waals surface area (Å²) in [4.78, 5) is 25.9. The molecule has 0 saturated heterocycles. The maximum atomic E-state index is 12.2. The Bertz CT molecular complexity index is 662. The van der Waals surface area contributed by atoms with E-state index in [1.54, 1.807) is 13.2 Å². The van der Waals surface area contributed by atoms with Gasteiger partial charge in [-0.2, -0.15) is 0 Å². The molecule has 1 atom stereocenters. The molecule has 2 rings (SSSR count). The molecule has 2 aromatic rings. The van der Waals surface area contributed by atoms with Crippen molar-refractivity contribution in [3.05, 3.63) is 64.1 Å². The molecule has 0 aliphatic heterocycles. The van der Waals surface area contributed by atoms with Crippen molar-refractivity contribution in [3.8, 4) is 5.75 Å². The first-order chi connectivity index (χ1) is 10.1. The lowest BCUT2D eigenvalue weighted by atomic mass is 10.0. The second-order valence-corrected chi connectivity index (χ2v) is 4.65. The lowest BCUT2D eigenvalue weighted by Crippen LogP contribution is -2.29. The van der Waals surface area contributed by atoms with E-state index in [0.29, 0.717) is 5.56 Å². The van der Waals surface area contributed by atoms with Crippen molar-refractivity contribution in [2.75, 3.05) is 7.11 Å². The van der Waals surface area contributed by atoms with Crippen LogP contribution < -0.4 is 15.6 Å². The molecular formula is C16H18N2O3. The van der Waals surface area contributed by atoms with Crippen molar-refractivity contribution in [1.29, 1.82) is 0 Å². The van der Waals surface area contributed by atoms with Crippen LogP contribution in [0.2, 0.25) is 0 Å². The predicted molar refractivity (Wildman–Crippen MR) is 80.6 cm³/mol. The van der Waals surface area contributed by atoms with E-state index in [-0.39, 0.29) is 17.5 Å². The summed E-state index contributed by atoms with van der Waals surface area (Å²) >= 11 is 0. The molecule has 0 radical (unpaired) electrons. The Morgan fingerprint density at radius 1 is 1.29 bits per heavy atom. The zero-order valence-corrected chi connectivity index (χ0v) is 12.1. The van der Waals surface area contributed by atoms with Crippen LogP contribution in [0.15, 0.2) is 47.4 Å². The molecule has 5 nitrogen and oxygen atoms in total. The number of nitrogens with one attached hydrogen (secondary N) is 2. The van der Waals surface area contributed by atoms with Gasteiger partial charge in [0.25, 0.3) is 5.91 Å². The number of aromatic amines is 1. The van der Waals surface area contributed by atoms with Crippen LogP contribution in [-0.4, -0.2) is 18.0 Å². The Labute approximate surface area is 123 Å². The highest BCUT2D eigenvalue weighted by atomic mass is 16.5. The first-order valence-electron chi connectivity index (χ1n) is 6.77. The third-order valence-corrected chi connectivity index (χ3v) is 3.27. The second kappa shape index (κ2) is 6.74. The van der Waals surface area contributed by atoms with Crippen LogP contribution in [0.1, 0.15) is 35.3 Å². The van der Waals surface area contributed by atoms with Crippen LogP contribution in [0, 0.1) is 0 Å². The van der Waals surface area contributed by atoms with Crippen LogP contribution in [0.4, 0.5) is 0 Å². The zero-order chi connectivity index (χ0) is 15.2. The van der Waals surface area contributed by atoms with Gasteiger partial charge in [-0.3, -0.25) is 9.59 Å². The first-order valence-corrected chi connectivity index (χ1v) is 6.77. The highest BCUT2D eigenvalue weighted by molar-refractivity contribution is 5.94. The van der Waals surface area contributed by atoms with Crippen LogP contribution in [0.3, 0.4) is 0 Å². The van der Waals surface area contributed by atoms with Gasteiger partial charge in [-0.25, -0.2) is 0 Å². The Morgan fingerprint density at radius 3 is 2.57 bits per heavy atom. The SMILES string of the molecule is CCC(NC(=O)c1cc[nH]c(=O)c1)c1ccc(OC)cc1. The summed E-state index contributed by atoms with van der Waals surface area (Å²) in [6.45, 7) is 1.99. The predicted octanol–water partition coefficient (Wildman–Crippen LogP) is 2.26. The number of rotatable bonds is 5. The molecular weight excluding hydrogens is 268 g/mol. The van der Waals surface area contributed by atoms with Gasteiger partial charge in [0, 0.05) is 17.8 Å². The van der Waals surface area contributed by atoms with Gasteiger partial charge in [0.1, 0.15) is 5.75 Å². The van der Waals surface area contributed by atoms with Crippen LogP contribution in [0.25, 0.3) is 0 Å². The molecule has 5 heteroatoms. The van der Waals surface area contributed by atoms with Crippen molar-refractivity contribution in [2.45, 2.75) is 19.4 Å². The molecule has 1 aromatic carbocycles. The highest BCUT2D eigenvalue weighted by Gasteiger charge is 2.14. The Hall–Kier alpha value is -2.56. The number of hydrogen-bond donors (Lipinski definition) is 2. The third kappa shape index (κ3) is 3.72. The van der Waals surface area contributed by atoms with Gasteiger partial charge in [-0.05, 0) is 30.2 Å². The largest absolute Gasteiger partial charge is 0.497 e. The average Bonchev–Trinajstić information content (AvgIpc) is 2.52. The molecule has 110 valence electrons. The average molecular weight is 286 g/mol. The molecule has 1 unspecified atom stereocenters. The number of aromatic nitrogens is 1.